The number of amides is 2. The Morgan fingerprint density at radius 3 is 2.88 bits per heavy atom. The van der Waals surface area contributed by atoms with E-state index in [1.54, 1.807) is 22.0 Å². The average molecular weight is 452 g/mol. The molecule has 1 unspecified atom stereocenters. The number of ether oxygens (including phenoxy) is 1. The van der Waals surface area contributed by atoms with Crippen molar-refractivity contribution in [3.8, 4) is 11.3 Å². The molecule has 2 aromatic heterocycles. The van der Waals surface area contributed by atoms with Crippen molar-refractivity contribution < 1.29 is 18.7 Å². The van der Waals surface area contributed by atoms with E-state index in [1.165, 1.54) is 6.39 Å². The Balaban J connectivity index is 1.41. The SMILES string of the molecule is Cc1cccc(-c2ocnc2C(=O)Nc2cnn(CC3CCCN3C(=O)OC(C)(C)C)c2)c1. The van der Waals surface area contributed by atoms with Gasteiger partial charge in [0.1, 0.15) is 5.60 Å². The van der Waals surface area contributed by atoms with Crippen LogP contribution in [0.15, 0.2) is 47.5 Å². The molecule has 0 radical (unpaired) electrons. The van der Waals surface area contributed by atoms with E-state index in [-0.39, 0.29) is 23.7 Å². The normalized spacial score (nSPS) is 16.1. The minimum absolute atomic E-state index is 0.00763. The highest BCUT2D eigenvalue weighted by Gasteiger charge is 2.32. The number of nitrogens with one attached hydrogen (secondary N) is 1. The fourth-order valence-corrected chi connectivity index (χ4v) is 3.92. The molecule has 3 heterocycles. The number of benzene rings is 1. The van der Waals surface area contributed by atoms with E-state index in [9.17, 15) is 9.59 Å². The third kappa shape index (κ3) is 5.42. The molecule has 1 saturated heterocycles. The van der Waals surface area contributed by atoms with Gasteiger partial charge in [-0.15, -0.1) is 0 Å². The van der Waals surface area contributed by atoms with E-state index in [4.69, 9.17) is 9.15 Å². The van der Waals surface area contributed by atoms with Crippen molar-refractivity contribution in [3.05, 3.63) is 54.3 Å². The number of anilines is 1. The first kappa shape index (κ1) is 22.6. The third-order valence-electron chi connectivity index (χ3n) is 5.36. The van der Waals surface area contributed by atoms with Crippen LogP contribution in [-0.2, 0) is 11.3 Å². The number of carbonyl (C=O) groups excluding carboxylic acids is 2. The van der Waals surface area contributed by atoms with E-state index >= 15 is 0 Å². The molecule has 1 N–H and O–H groups in total. The zero-order valence-corrected chi connectivity index (χ0v) is 19.4. The van der Waals surface area contributed by atoms with E-state index in [0.29, 0.717) is 24.5 Å². The molecular weight excluding hydrogens is 422 g/mol. The van der Waals surface area contributed by atoms with E-state index in [2.05, 4.69) is 15.4 Å². The molecule has 4 rings (SSSR count). The van der Waals surface area contributed by atoms with Crippen LogP contribution in [0.5, 0.6) is 0 Å². The maximum atomic E-state index is 12.8. The molecule has 1 fully saturated rings. The molecule has 2 amide bonds. The van der Waals surface area contributed by atoms with E-state index in [1.807, 2.05) is 52.0 Å². The van der Waals surface area contributed by atoms with Gasteiger partial charge in [-0.3, -0.25) is 9.48 Å². The summed E-state index contributed by atoms with van der Waals surface area (Å²) in [4.78, 5) is 31.2. The Morgan fingerprint density at radius 1 is 1.30 bits per heavy atom. The highest BCUT2D eigenvalue weighted by Crippen LogP contribution is 2.25. The van der Waals surface area contributed by atoms with Gasteiger partial charge < -0.3 is 19.4 Å². The third-order valence-corrected chi connectivity index (χ3v) is 5.36. The van der Waals surface area contributed by atoms with Crippen molar-refractivity contribution in [2.24, 2.45) is 0 Å². The van der Waals surface area contributed by atoms with Crippen LogP contribution in [0.2, 0.25) is 0 Å². The quantitative estimate of drug-likeness (QED) is 0.613. The van der Waals surface area contributed by atoms with E-state index in [0.717, 1.165) is 24.0 Å². The maximum absolute atomic E-state index is 12.8. The van der Waals surface area contributed by atoms with Gasteiger partial charge in [0.05, 0.1) is 24.5 Å². The predicted molar refractivity (Wildman–Crippen MR) is 123 cm³/mol. The summed E-state index contributed by atoms with van der Waals surface area (Å²) >= 11 is 0. The molecule has 33 heavy (non-hydrogen) atoms. The fourth-order valence-electron chi connectivity index (χ4n) is 3.92. The summed E-state index contributed by atoms with van der Waals surface area (Å²) in [6.07, 6.45) is 6.08. The zero-order chi connectivity index (χ0) is 23.6. The first-order valence-corrected chi connectivity index (χ1v) is 11.0. The zero-order valence-electron chi connectivity index (χ0n) is 19.4. The monoisotopic (exact) mass is 451 g/mol. The number of hydrogen-bond donors (Lipinski definition) is 1. The van der Waals surface area contributed by atoms with Gasteiger partial charge in [0, 0.05) is 18.3 Å². The minimum Gasteiger partial charge on any atom is -0.444 e. The Labute approximate surface area is 192 Å². The maximum Gasteiger partial charge on any atom is 0.410 e. The van der Waals surface area contributed by atoms with Crippen LogP contribution in [0, 0.1) is 6.92 Å². The minimum atomic E-state index is -0.536. The lowest BCUT2D eigenvalue weighted by molar-refractivity contribution is 0.0211. The van der Waals surface area contributed by atoms with Crippen molar-refractivity contribution in [3.63, 3.8) is 0 Å². The Hall–Kier alpha value is -3.62. The highest BCUT2D eigenvalue weighted by atomic mass is 16.6. The molecular formula is C24H29N5O4. The molecule has 3 aromatic rings. The second-order valence-electron chi connectivity index (χ2n) is 9.27. The van der Waals surface area contributed by atoms with Crippen molar-refractivity contribution in [1.29, 1.82) is 0 Å². The van der Waals surface area contributed by atoms with Gasteiger partial charge in [-0.05, 0) is 46.6 Å². The van der Waals surface area contributed by atoms with Gasteiger partial charge in [0.2, 0.25) is 0 Å². The molecule has 1 atom stereocenters. The fraction of sp³-hybridized carbons (Fsp3) is 0.417. The van der Waals surface area contributed by atoms with Gasteiger partial charge in [-0.25, -0.2) is 9.78 Å². The first-order valence-electron chi connectivity index (χ1n) is 11.0. The summed E-state index contributed by atoms with van der Waals surface area (Å²) in [5, 5.41) is 7.18. The standard InChI is InChI=1S/C24H29N5O4/c1-16-7-5-8-17(11-16)21-20(25-15-32-21)22(30)27-18-12-26-28(13-18)14-19-9-6-10-29(19)23(31)33-24(2,3)4/h5,7-8,11-13,15,19H,6,9-10,14H2,1-4H3,(H,27,30). The average Bonchev–Trinajstić information content (AvgIpc) is 3.47. The largest absolute Gasteiger partial charge is 0.444 e. The van der Waals surface area contributed by atoms with E-state index < -0.39 is 5.60 Å². The van der Waals surface area contributed by atoms with Crippen molar-refractivity contribution in [2.75, 3.05) is 11.9 Å². The molecule has 9 nitrogen and oxygen atoms in total. The molecule has 1 aliphatic rings. The van der Waals surface area contributed by atoms with Gasteiger partial charge >= 0.3 is 6.09 Å². The lowest BCUT2D eigenvalue weighted by Gasteiger charge is -2.28. The van der Waals surface area contributed by atoms with Crippen LogP contribution in [0.25, 0.3) is 11.3 Å². The molecule has 0 bridgehead atoms. The Bertz CT molecular complexity index is 1140. The van der Waals surface area contributed by atoms with Gasteiger partial charge in [-0.1, -0.05) is 23.8 Å². The summed E-state index contributed by atoms with van der Waals surface area (Å²) in [6.45, 7) is 8.74. The summed E-state index contributed by atoms with van der Waals surface area (Å²) in [5.74, 6) is 0.0404. The Morgan fingerprint density at radius 2 is 2.12 bits per heavy atom. The van der Waals surface area contributed by atoms with Gasteiger partial charge in [0.15, 0.2) is 17.8 Å². The van der Waals surface area contributed by atoms with Crippen molar-refractivity contribution in [1.82, 2.24) is 19.7 Å². The summed E-state index contributed by atoms with van der Waals surface area (Å²) in [7, 11) is 0. The highest BCUT2D eigenvalue weighted by molar-refractivity contribution is 6.06. The Kier molecular flexibility index (Phi) is 6.22. The number of nitrogens with zero attached hydrogens (tertiary/aromatic N) is 4. The summed E-state index contributed by atoms with van der Waals surface area (Å²) in [5.41, 5.74) is 2.06. The molecule has 9 heteroatoms. The number of aromatic nitrogens is 3. The molecule has 0 saturated carbocycles. The lowest BCUT2D eigenvalue weighted by Crippen LogP contribution is -2.41. The molecule has 174 valence electrons. The van der Waals surface area contributed by atoms with Crippen LogP contribution < -0.4 is 5.32 Å². The molecule has 0 aliphatic carbocycles. The van der Waals surface area contributed by atoms with Gasteiger partial charge in [-0.2, -0.15) is 5.10 Å². The van der Waals surface area contributed by atoms with Gasteiger partial charge in [0.25, 0.3) is 5.91 Å². The summed E-state index contributed by atoms with van der Waals surface area (Å²) < 4.78 is 12.7. The second kappa shape index (κ2) is 9.09. The molecule has 0 spiro atoms. The second-order valence-corrected chi connectivity index (χ2v) is 9.27. The van der Waals surface area contributed by atoms with Crippen LogP contribution in [0.4, 0.5) is 10.5 Å². The van der Waals surface area contributed by atoms with Crippen molar-refractivity contribution in [2.45, 2.75) is 58.7 Å². The smallest absolute Gasteiger partial charge is 0.410 e. The molecule has 1 aliphatic heterocycles. The topological polar surface area (TPSA) is 102 Å². The number of rotatable bonds is 5. The van der Waals surface area contributed by atoms with Crippen LogP contribution in [0.1, 0.15) is 49.7 Å². The van der Waals surface area contributed by atoms with Crippen molar-refractivity contribution >= 4 is 17.7 Å². The number of oxazole rings is 1. The lowest BCUT2D eigenvalue weighted by atomic mass is 10.1. The predicted octanol–water partition coefficient (Wildman–Crippen LogP) is 4.50. The number of hydrogen-bond acceptors (Lipinski definition) is 6. The first-order chi connectivity index (χ1) is 15.7. The molecule has 1 aromatic carbocycles. The van der Waals surface area contributed by atoms with Crippen LogP contribution in [0.3, 0.4) is 0 Å². The number of aryl methyl sites for hydroxylation is 1. The number of likely N-dealkylation sites (tertiary alicyclic amines) is 1. The number of carbonyl (C=O) groups is 2. The summed E-state index contributed by atoms with van der Waals surface area (Å²) in [6, 6.07) is 7.69. The van der Waals surface area contributed by atoms with Crippen LogP contribution in [-0.4, -0.2) is 49.9 Å². The van der Waals surface area contributed by atoms with Crippen LogP contribution >= 0.6 is 0 Å².